The summed E-state index contributed by atoms with van der Waals surface area (Å²) < 4.78 is 10.5. The molecule has 0 aliphatic carbocycles. The highest BCUT2D eigenvalue weighted by Gasteiger charge is 2.01. The Morgan fingerprint density at radius 3 is 2.12 bits per heavy atom. The van der Waals surface area contributed by atoms with Crippen molar-refractivity contribution in [2.45, 2.75) is 64.7 Å². The van der Waals surface area contributed by atoms with Crippen LogP contribution in [0.15, 0.2) is 0 Å². The van der Waals surface area contributed by atoms with Crippen LogP contribution in [0.4, 0.5) is 0 Å². The van der Waals surface area contributed by atoms with Gasteiger partial charge in [-0.05, 0) is 31.7 Å². The predicted molar refractivity (Wildman–Crippen MR) is 75.9 cm³/mol. The third-order valence-electron chi connectivity index (χ3n) is 3.24. The molecule has 0 spiro atoms. The molecule has 0 bridgehead atoms. The second-order valence-corrected chi connectivity index (χ2v) is 6.38. The van der Waals surface area contributed by atoms with E-state index in [1.807, 2.05) is 0 Å². The molecule has 3 nitrogen and oxygen atoms in total. The average molecular weight is 263 g/mol. The van der Waals surface area contributed by atoms with Crippen molar-refractivity contribution in [1.29, 1.82) is 0 Å². The van der Waals surface area contributed by atoms with Crippen molar-refractivity contribution in [2.75, 3.05) is 12.7 Å². The Bertz CT molecular complexity index is 188. The first-order valence-electron chi connectivity index (χ1n) is 7.08. The molecule has 0 rings (SSSR count). The highest BCUT2D eigenvalue weighted by Crippen LogP contribution is 2.18. The highest BCUT2D eigenvalue weighted by molar-refractivity contribution is 7.37. The van der Waals surface area contributed by atoms with Gasteiger partial charge in [-0.15, -0.1) is 0 Å². The van der Waals surface area contributed by atoms with Gasteiger partial charge in [0.15, 0.2) is 8.03 Å². The molecule has 0 aromatic carbocycles. The lowest BCUT2D eigenvalue weighted by Crippen LogP contribution is -2.02. The lowest BCUT2D eigenvalue weighted by atomic mass is 9.97. The fourth-order valence-corrected chi connectivity index (χ4v) is 2.64. The molecule has 0 radical (unpaired) electrons. The van der Waals surface area contributed by atoms with Crippen LogP contribution >= 0.6 is 8.03 Å². The first kappa shape index (κ1) is 17.2. The molecule has 2 unspecified atom stereocenters. The Morgan fingerprint density at radius 1 is 1.00 bits per heavy atom. The molecule has 0 aromatic rings. The van der Waals surface area contributed by atoms with Crippen molar-refractivity contribution in [3.05, 3.63) is 0 Å². The second kappa shape index (κ2) is 12.6. The standard InChI is InChI=1S/C13H30NO2P/c1-13(10-8-11-14)9-6-4-2-3-5-7-12-17(15)16/h13,17H,2-12,14H2,1H3,(H,15,16). The van der Waals surface area contributed by atoms with Crippen LogP contribution in [0.1, 0.15) is 64.7 Å². The molecule has 0 saturated carbocycles. The average Bonchev–Trinajstić information content (AvgIpc) is 2.29. The molecule has 0 aromatic heterocycles. The van der Waals surface area contributed by atoms with Crippen LogP contribution in [-0.4, -0.2) is 17.6 Å². The minimum atomic E-state index is -2.21. The highest BCUT2D eigenvalue weighted by atomic mass is 31.1. The van der Waals surface area contributed by atoms with E-state index in [0.29, 0.717) is 6.16 Å². The largest absolute Gasteiger partial charge is 0.346 e. The number of rotatable bonds is 12. The predicted octanol–water partition coefficient (Wildman–Crippen LogP) is 3.56. The topological polar surface area (TPSA) is 63.3 Å². The smallest absolute Gasteiger partial charge is 0.189 e. The Morgan fingerprint density at radius 2 is 1.53 bits per heavy atom. The quantitative estimate of drug-likeness (QED) is 0.418. The molecule has 2 atom stereocenters. The van der Waals surface area contributed by atoms with Crippen molar-refractivity contribution in [1.82, 2.24) is 0 Å². The van der Waals surface area contributed by atoms with E-state index in [4.69, 9.17) is 10.6 Å². The van der Waals surface area contributed by atoms with E-state index >= 15 is 0 Å². The zero-order valence-electron chi connectivity index (χ0n) is 11.3. The Balaban J connectivity index is 3.10. The molecule has 0 amide bonds. The van der Waals surface area contributed by atoms with E-state index in [-0.39, 0.29) is 0 Å². The lowest BCUT2D eigenvalue weighted by molar-refractivity contribution is 0.446. The summed E-state index contributed by atoms with van der Waals surface area (Å²) in [5, 5.41) is 0. The van der Waals surface area contributed by atoms with E-state index in [1.165, 1.54) is 38.5 Å². The summed E-state index contributed by atoms with van der Waals surface area (Å²) in [4.78, 5) is 8.66. The number of hydrogen-bond donors (Lipinski definition) is 2. The molecule has 0 heterocycles. The molecular weight excluding hydrogens is 233 g/mol. The van der Waals surface area contributed by atoms with Gasteiger partial charge in [0, 0.05) is 6.16 Å². The van der Waals surface area contributed by atoms with Crippen LogP contribution in [0.25, 0.3) is 0 Å². The summed E-state index contributed by atoms with van der Waals surface area (Å²) in [7, 11) is -2.21. The van der Waals surface area contributed by atoms with Crippen LogP contribution in [0, 0.1) is 5.92 Å². The molecular formula is C13H30NO2P. The van der Waals surface area contributed by atoms with Crippen molar-refractivity contribution >= 4 is 8.03 Å². The molecule has 4 heteroatoms. The zero-order valence-corrected chi connectivity index (χ0v) is 12.3. The van der Waals surface area contributed by atoms with E-state index in [1.54, 1.807) is 0 Å². The molecule has 0 aliphatic heterocycles. The molecule has 0 aliphatic rings. The van der Waals surface area contributed by atoms with Crippen molar-refractivity contribution in [3.63, 3.8) is 0 Å². The summed E-state index contributed by atoms with van der Waals surface area (Å²) in [6.07, 6.45) is 11.4. The Labute approximate surface area is 107 Å². The van der Waals surface area contributed by atoms with Crippen LogP contribution in [0.3, 0.4) is 0 Å². The Hall–Kier alpha value is 0.150. The molecule has 0 saturated heterocycles. The van der Waals surface area contributed by atoms with E-state index in [9.17, 15) is 4.57 Å². The van der Waals surface area contributed by atoms with Gasteiger partial charge in [0.2, 0.25) is 0 Å². The van der Waals surface area contributed by atoms with Gasteiger partial charge in [-0.1, -0.05) is 45.4 Å². The van der Waals surface area contributed by atoms with Crippen LogP contribution < -0.4 is 5.73 Å². The lowest BCUT2D eigenvalue weighted by Gasteiger charge is -2.09. The van der Waals surface area contributed by atoms with E-state index < -0.39 is 8.03 Å². The maximum absolute atomic E-state index is 10.5. The van der Waals surface area contributed by atoms with Crippen molar-refractivity contribution in [3.8, 4) is 0 Å². The van der Waals surface area contributed by atoms with Gasteiger partial charge in [0.25, 0.3) is 0 Å². The van der Waals surface area contributed by atoms with Crippen molar-refractivity contribution in [2.24, 2.45) is 11.7 Å². The SMILES string of the molecule is CC(CCCN)CCCCCCCC[PH](=O)O. The first-order chi connectivity index (χ1) is 8.16. The number of unbranched alkanes of at least 4 members (excludes halogenated alkanes) is 5. The monoisotopic (exact) mass is 263 g/mol. The van der Waals surface area contributed by atoms with Gasteiger partial charge in [-0.3, -0.25) is 4.57 Å². The van der Waals surface area contributed by atoms with Gasteiger partial charge >= 0.3 is 0 Å². The summed E-state index contributed by atoms with van der Waals surface area (Å²) in [5.74, 6) is 0.818. The molecule has 3 N–H and O–H groups in total. The van der Waals surface area contributed by atoms with Gasteiger partial charge in [0.1, 0.15) is 0 Å². The van der Waals surface area contributed by atoms with Gasteiger partial charge in [-0.2, -0.15) is 0 Å². The first-order valence-corrected chi connectivity index (χ1v) is 8.65. The third-order valence-corrected chi connectivity index (χ3v) is 4.02. The maximum Gasteiger partial charge on any atom is 0.189 e. The number of hydrogen-bond acceptors (Lipinski definition) is 2. The fraction of sp³-hybridized carbons (Fsp3) is 1.00. The fourth-order valence-electron chi connectivity index (χ4n) is 2.09. The van der Waals surface area contributed by atoms with Crippen LogP contribution in [0.2, 0.25) is 0 Å². The zero-order chi connectivity index (χ0) is 12.9. The van der Waals surface area contributed by atoms with Gasteiger partial charge in [-0.25, -0.2) is 0 Å². The van der Waals surface area contributed by atoms with E-state index in [0.717, 1.165) is 31.7 Å². The van der Waals surface area contributed by atoms with Crippen LogP contribution in [0.5, 0.6) is 0 Å². The summed E-state index contributed by atoms with van der Waals surface area (Å²) in [6, 6.07) is 0. The van der Waals surface area contributed by atoms with Crippen molar-refractivity contribution < 1.29 is 9.46 Å². The number of nitrogens with two attached hydrogens (primary N) is 1. The second-order valence-electron chi connectivity index (χ2n) is 5.09. The van der Waals surface area contributed by atoms with Gasteiger partial charge < -0.3 is 10.6 Å². The Kier molecular flexibility index (Phi) is 12.7. The summed E-state index contributed by atoms with van der Waals surface area (Å²) in [5.41, 5.74) is 5.48. The third kappa shape index (κ3) is 14.1. The summed E-state index contributed by atoms with van der Waals surface area (Å²) >= 11 is 0. The van der Waals surface area contributed by atoms with E-state index in [2.05, 4.69) is 6.92 Å². The molecule has 0 fully saturated rings. The minimum absolute atomic E-state index is 0.515. The van der Waals surface area contributed by atoms with Gasteiger partial charge in [0.05, 0.1) is 0 Å². The summed E-state index contributed by atoms with van der Waals surface area (Å²) in [6.45, 7) is 3.13. The molecule has 104 valence electrons. The normalized spacial score (nSPS) is 14.8. The maximum atomic E-state index is 10.5. The molecule has 17 heavy (non-hydrogen) atoms. The van der Waals surface area contributed by atoms with Crippen LogP contribution in [-0.2, 0) is 4.57 Å². The minimum Gasteiger partial charge on any atom is -0.346 e.